The van der Waals surface area contributed by atoms with E-state index in [1.807, 2.05) is 42.5 Å². The topological polar surface area (TPSA) is 41.5 Å². The van der Waals surface area contributed by atoms with Crippen molar-refractivity contribution < 1.29 is 4.79 Å². The van der Waals surface area contributed by atoms with E-state index in [9.17, 15) is 4.79 Å². The van der Waals surface area contributed by atoms with E-state index in [2.05, 4.69) is 10.5 Å². The number of fused-ring (bicyclic) bond motifs is 1. The van der Waals surface area contributed by atoms with Crippen molar-refractivity contribution in [3.8, 4) is 0 Å². The molecule has 104 valence electrons. The van der Waals surface area contributed by atoms with Crippen molar-refractivity contribution in [3.63, 3.8) is 0 Å². The summed E-state index contributed by atoms with van der Waals surface area (Å²) in [5, 5.41) is 6.07. The average Bonchev–Trinajstić information content (AvgIpc) is 2.92. The Morgan fingerprint density at radius 2 is 1.90 bits per heavy atom. The first kappa shape index (κ1) is 13.8. The van der Waals surface area contributed by atoms with Gasteiger partial charge in [0.1, 0.15) is 0 Å². The standard InChI is InChI=1S/C16H11ClN2OS/c17-15-8-7-14(21-15)10-18-19-16(20)13-6-5-11-3-1-2-4-12(11)9-13/h1-10H,(H,19,20). The lowest BCUT2D eigenvalue weighted by molar-refractivity contribution is 0.0955. The van der Waals surface area contributed by atoms with E-state index in [0.717, 1.165) is 15.6 Å². The Bertz CT molecular complexity index is 826. The third kappa shape index (κ3) is 3.29. The van der Waals surface area contributed by atoms with Crippen LogP contribution in [-0.4, -0.2) is 12.1 Å². The summed E-state index contributed by atoms with van der Waals surface area (Å²) in [7, 11) is 0. The number of benzene rings is 2. The Morgan fingerprint density at radius 3 is 2.67 bits per heavy atom. The minimum absolute atomic E-state index is 0.236. The Labute approximate surface area is 130 Å². The molecule has 0 aliphatic carbocycles. The number of halogens is 1. The Kier molecular flexibility index (Phi) is 3.99. The molecule has 1 aromatic heterocycles. The second-order valence-electron chi connectivity index (χ2n) is 4.40. The van der Waals surface area contributed by atoms with E-state index in [1.165, 1.54) is 11.3 Å². The summed E-state index contributed by atoms with van der Waals surface area (Å²) in [6.45, 7) is 0. The van der Waals surface area contributed by atoms with Gasteiger partial charge in [-0.05, 0) is 35.0 Å². The maximum atomic E-state index is 12.0. The fourth-order valence-electron chi connectivity index (χ4n) is 1.95. The fraction of sp³-hybridized carbons (Fsp3) is 0. The molecule has 0 bridgehead atoms. The lowest BCUT2D eigenvalue weighted by atomic mass is 10.1. The minimum atomic E-state index is -0.236. The van der Waals surface area contributed by atoms with Gasteiger partial charge in [0.05, 0.1) is 10.6 Å². The summed E-state index contributed by atoms with van der Waals surface area (Å²) in [4.78, 5) is 12.9. The molecule has 3 aromatic rings. The van der Waals surface area contributed by atoms with Crippen LogP contribution < -0.4 is 5.43 Å². The Morgan fingerprint density at radius 1 is 1.10 bits per heavy atom. The monoisotopic (exact) mass is 314 g/mol. The van der Waals surface area contributed by atoms with Gasteiger partial charge in [0.2, 0.25) is 0 Å². The molecule has 1 heterocycles. The quantitative estimate of drug-likeness (QED) is 0.568. The molecule has 0 spiro atoms. The Hall–Kier alpha value is -2.17. The number of nitrogens with zero attached hydrogens (tertiary/aromatic N) is 1. The number of carbonyl (C=O) groups excluding carboxylic acids is 1. The number of thiophene rings is 1. The molecule has 0 saturated carbocycles. The van der Waals surface area contributed by atoms with E-state index in [0.29, 0.717) is 9.90 Å². The summed E-state index contributed by atoms with van der Waals surface area (Å²) in [6, 6.07) is 17.1. The summed E-state index contributed by atoms with van der Waals surface area (Å²) in [6.07, 6.45) is 1.58. The third-order valence-electron chi connectivity index (χ3n) is 2.96. The predicted octanol–water partition coefficient (Wildman–Crippen LogP) is 4.32. The number of hydrazone groups is 1. The van der Waals surface area contributed by atoms with Gasteiger partial charge in [-0.25, -0.2) is 5.43 Å². The summed E-state index contributed by atoms with van der Waals surface area (Å²) in [5.74, 6) is -0.236. The van der Waals surface area contributed by atoms with Crippen LogP contribution in [-0.2, 0) is 0 Å². The van der Waals surface area contributed by atoms with E-state index in [-0.39, 0.29) is 5.91 Å². The molecule has 0 atom stereocenters. The lowest BCUT2D eigenvalue weighted by Gasteiger charge is -2.02. The zero-order valence-corrected chi connectivity index (χ0v) is 12.5. The minimum Gasteiger partial charge on any atom is -0.267 e. The highest BCUT2D eigenvalue weighted by Crippen LogP contribution is 2.19. The predicted molar refractivity (Wildman–Crippen MR) is 88.3 cm³/mol. The van der Waals surface area contributed by atoms with E-state index in [4.69, 9.17) is 11.6 Å². The molecule has 5 heteroatoms. The zero-order chi connectivity index (χ0) is 14.7. The second kappa shape index (κ2) is 6.08. The molecule has 1 amide bonds. The van der Waals surface area contributed by atoms with Gasteiger partial charge in [-0.1, -0.05) is 41.9 Å². The molecule has 0 saturated heterocycles. The van der Waals surface area contributed by atoms with Gasteiger partial charge in [0.15, 0.2) is 0 Å². The van der Waals surface area contributed by atoms with Crippen LogP contribution >= 0.6 is 22.9 Å². The van der Waals surface area contributed by atoms with Crippen LogP contribution in [0.1, 0.15) is 15.2 Å². The van der Waals surface area contributed by atoms with E-state index < -0.39 is 0 Å². The summed E-state index contributed by atoms with van der Waals surface area (Å²) >= 11 is 7.22. The molecule has 3 rings (SSSR count). The van der Waals surface area contributed by atoms with Crippen molar-refractivity contribution in [1.82, 2.24) is 5.43 Å². The molecular weight excluding hydrogens is 304 g/mol. The summed E-state index contributed by atoms with van der Waals surface area (Å²) in [5.41, 5.74) is 3.09. The smallest absolute Gasteiger partial charge is 0.267 e. The van der Waals surface area contributed by atoms with Crippen molar-refractivity contribution in [2.45, 2.75) is 0 Å². The molecule has 3 nitrogen and oxygen atoms in total. The maximum absolute atomic E-state index is 12.0. The number of rotatable bonds is 3. The van der Waals surface area contributed by atoms with Crippen molar-refractivity contribution in [2.75, 3.05) is 0 Å². The average molecular weight is 315 g/mol. The van der Waals surface area contributed by atoms with Gasteiger partial charge in [0.25, 0.3) is 5.91 Å². The SMILES string of the molecule is O=C(NN=Cc1ccc(Cl)s1)c1ccc2ccccc2c1. The van der Waals surface area contributed by atoms with Gasteiger partial charge in [-0.15, -0.1) is 11.3 Å². The van der Waals surface area contributed by atoms with Gasteiger partial charge in [0, 0.05) is 10.4 Å². The number of hydrogen-bond donors (Lipinski definition) is 1. The van der Waals surface area contributed by atoms with Crippen LogP contribution in [0.15, 0.2) is 59.7 Å². The molecule has 0 radical (unpaired) electrons. The zero-order valence-electron chi connectivity index (χ0n) is 10.9. The first-order valence-electron chi connectivity index (χ1n) is 6.30. The molecular formula is C16H11ClN2OS. The highest BCUT2D eigenvalue weighted by atomic mass is 35.5. The first-order chi connectivity index (χ1) is 10.2. The summed E-state index contributed by atoms with van der Waals surface area (Å²) < 4.78 is 0.692. The molecule has 0 aliphatic heterocycles. The van der Waals surface area contributed by atoms with Crippen LogP contribution in [0, 0.1) is 0 Å². The number of hydrogen-bond acceptors (Lipinski definition) is 3. The molecule has 0 fully saturated rings. The number of carbonyl (C=O) groups is 1. The number of nitrogens with one attached hydrogen (secondary N) is 1. The maximum Gasteiger partial charge on any atom is 0.271 e. The third-order valence-corrected chi connectivity index (χ3v) is 4.13. The molecule has 0 unspecified atom stereocenters. The van der Waals surface area contributed by atoms with Gasteiger partial charge in [-0.3, -0.25) is 4.79 Å². The number of amides is 1. The highest BCUT2D eigenvalue weighted by molar-refractivity contribution is 7.17. The van der Waals surface area contributed by atoms with Crippen LogP contribution in [0.2, 0.25) is 4.34 Å². The highest BCUT2D eigenvalue weighted by Gasteiger charge is 2.04. The van der Waals surface area contributed by atoms with Crippen molar-refractivity contribution in [3.05, 3.63) is 69.4 Å². The largest absolute Gasteiger partial charge is 0.271 e. The van der Waals surface area contributed by atoms with Crippen LogP contribution in [0.5, 0.6) is 0 Å². The Balaban J connectivity index is 1.73. The van der Waals surface area contributed by atoms with Crippen molar-refractivity contribution in [2.24, 2.45) is 5.10 Å². The first-order valence-corrected chi connectivity index (χ1v) is 7.49. The molecule has 0 aliphatic rings. The second-order valence-corrected chi connectivity index (χ2v) is 6.15. The van der Waals surface area contributed by atoms with Gasteiger partial charge in [-0.2, -0.15) is 5.10 Å². The molecule has 1 N–H and O–H groups in total. The van der Waals surface area contributed by atoms with Crippen molar-refractivity contribution in [1.29, 1.82) is 0 Å². The van der Waals surface area contributed by atoms with Crippen LogP contribution in [0.25, 0.3) is 10.8 Å². The van der Waals surface area contributed by atoms with Gasteiger partial charge < -0.3 is 0 Å². The van der Waals surface area contributed by atoms with Crippen LogP contribution in [0.4, 0.5) is 0 Å². The molecule has 21 heavy (non-hydrogen) atoms. The molecule has 2 aromatic carbocycles. The van der Waals surface area contributed by atoms with E-state index in [1.54, 1.807) is 18.3 Å². The van der Waals surface area contributed by atoms with Crippen LogP contribution in [0.3, 0.4) is 0 Å². The normalized spacial score (nSPS) is 11.1. The lowest BCUT2D eigenvalue weighted by Crippen LogP contribution is -2.17. The fourth-order valence-corrected chi connectivity index (χ4v) is 2.88. The van der Waals surface area contributed by atoms with E-state index >= 15 is 0 Å². The van der Waals surface area contributed by atoms with Crippen molar-refractivity contribution >= 4 is 45.8 Å². The van der Waals surface area contributed by atoms with Gasteiger partial charge >= 0.3 is 0 Å².